The van der Waals surface area contributed by atoms with Crippen molar-refractivity contribution < 1.29 is 30.5 Å². The van der Waals surface area contributed by atoms with Crippen LogP contribution >= 0.6 is 0 Å². The van der Waals surface area contributed by atoms with Crippen molar-refractivity contribution in [2.75, 3.05) is 0 Å². The van der Waals surface area contributed by atoms with Gasteiger partial charge in [-0.05, 0) is 25.5 Å². The molecule has 0 fully saturated rings. The molecule has 0 aliphatic rings. The number of halogens is 3. The van der Waals surface area contributed by atoms with Crippen molar-refractivity contribution in [3.63, 3.8) is 0 Å². The highest BCUT2D eigenvalue weighted by Crippen LogP contribution is 2.24. The van der Waals surface area contributed by atoms with Crippen molar-refractivity contribution >= 4 is 10.1 Å². The molecule has 1 rings (SSSR count). The Kier molecular flexibility index (Phi) is 5.55. The molecule has 1 unspecified atom stereocenters. The molecule has 0 amide bonds. The maximum atomic E-state index is 12.2. The lowest BCUT2D eigenvalue weighted by molar-refractivity contribution is -0.367. The molecule has 0 bridgehead atoms. The van der Waals surface area contributed by atoms with Crippen molar-refractivity contribution in [1.29, 1.82) is 0 Å². The fourth-order valence-corrected chi connectivity index (χ4v) is 2.41. The second kappa shape index (κ2) is 6.55. The van der Waals surface area contributed by atoms with Crippen LogP contribution in [0.15, 0.2) is 29.2 Å². The molecule has 1 aromatic rings. The second-order valence-corrected chi connectivity index (χ2v) is 5.72. The number of alkyl halides is 3. The number of benzene rings is 1. The Bertz CT molecular complexity index is 523. The molecule has 0 saturated carbocycles. The molecule has 0 aliphatic heterocycles. The van der Waals surface area contributed by atoms with Crippen molar-refractivity contribution in [3.8, 4) is 0 Å². The van der Waals surface area contributed by atoms with Gasteiger partial charge in [0, 0.05) is 0 Å². The lowest BCUT2D eigenvalue weighted by atomic mass is 10.2. The van der Waals surface area contributed by atoms with Gasteiger partial charge in [-0.2, -0.15) is 8.42 Å². The van der Waals surface area contributed by atoms with Gasteiger partial charge in [0.15, 0.2) is 6.29 Å². The summed E-state index contributed by atoms with van der Waals surface area (Å²) in [4.78, 5) is -0.213. The van der Waals surface area contributed by atoms with Crippen LogP contribution in [0.5, 0.6) is 0 Å². The standard InChI is InChI=1S/C12H15F3O4S/c1-3-4-11(18-12(13,14)15)19-20(16,17)10-7-5-9(2)6-8-10/h5-8,11H,3-4H2,1-2H3. The summed E-state index contributed by atoms with van der Waals surface area (Å²) in [6, 6.07) is 5.58. The number of aryl methyl sites for hydroxylation is 1. The monoisotopic (exact) mass is 312 g/mol. The second-order valence-electron chi connectivity index (χ2n) is 4.15. The maximum Gasteiger partial charge on any atom is 0.524 e. The highest BCUT2D eigenvalue weighted by molar-refractivity contribution is 7.86. The Labute approximate surface area is 115 Å². The molecule has 114 valence electrons. The summed E-state index contributed by atoms with van der Waals surface area (Å²) in [5, 5.41) is 0. The Hall–Kier alpha value is -1.12. The molecule has 0 aliphatic carbocycles. The Morgan fingerprint density at radius 1 is 1.20 bits per heavy atom. The van der Waals surface area contributed by atoms with Crippen LogP contribution in [0.4, 0.5) is 13.2 Å². The van der Waals surface area contributed by atoms with Gasteiger partial charge < -0.3 is 0 Å². The molecule has 1 atom stereocenters. The van der Waals surface area contributed by atoms with Gasteiger partial charge in [0.05, 0.1) is 4.90 Å². The fourth-order valence-electron chi connectivity index (χ4n) is 1.41. The average molecular weight is 312 g/mol. The highest BCUT2D eigenvalue weighted by Gasteiger charge is 2.36. The Morgan fingerprint density at radius 2 is 1.75 bits per heavy atom. The van der Waals surface area contributed by atoms with Crippen LogP contribution in [0, 0.1) is 6.92 Å². The van der Waals surface area contributed by atoms with Crippen LogP contribution in [0.25, 0.3) is 0 Å². The van der Waals surface area contributed by atoms with Gasteiger partial charge in [0.1, 0.15) is 0 Å². The lowest BCUT2D eigenvalue weighted by Crippen LogP contribution is -2.28. The zero-order chi connectivity index (χ0) is 15.4. The van der Waals surface area contributed by atoms with E-state index in [0.717, 1.165) is 5.56 Å². The summed E-state index contributed by atoms with van der Waals surface area (Å²) in [6.45, 7) is 3.35. The molecule has 0 aromatic heterocycles. The van der Waals surface area contributed by atoms with Crippen LogP contribution < -0.4 is 0 Å². The number of ether oxygens (including phenoxy) is 1. The van der Waals surface area contributed by atoms with Crippen LogP contribution in [0.1, 0.15) is 25.3 Å². The Balaban J connectivity index is 2.88. The highest BCUT2D eigenvalue weighted by atomic mass is 32.2. The van der Waals surface area contributed by atoms with E-state index in [1.54, 1.807) is 13.8 Å². The zero-order valence-corrected chi connectivity index (χ0v) is 11.8. The minimum atomic E-state index is -4.96. The lowest BCUT2D eigenvalue weighted by Gasteiger charge is -2.18. The molecular weight excluding hydrogens is 297 g/mol. The zero-order valence-electron chi connectivity index (χ0n) is 11.0. The van der Waals surface area contributed by atoms with Gasteiger partial charge in [-0.3, -0.25) is 4.74 Å². The third-order valence-corrected chi connectivity index (χ3v) is 3.65. The summed E-state index contributed by atoms with van der Waals surface area (Å²) in [5.74, 6) is 0. The summed E-state index contributed by atoms with van der Waals surface area (Å²) in [7, 11) is -4.30. The molecule has 0 N–H and O–H groups in total. The summed E-state index contributed by atoms with van der Waals surface area (Å²) in [5.41, 5.74) is 0.820. The predicted molar refractivity (Wildman–Crippen MR) is 65.3 cm³/mol. The average Bonchev–Trinajstić information content (AvgIpc) is 2.26. The molecule has 20 heavy (non-hydrogen) atoms. The molecular formula is C12H15F3O4S. The fraction of sp³-hybridized carbons (Fsp3) is 0.500. The van der Waals surface area contributed by atoms with Crippen molar-refractivity contribution in [3.05, 3.63) is 29.8 Å². The van der Waals surface area contributed by atoms with E-state index < -0.39 is 22.8 Å². The maximum absolute atomic E-state index is 12.2. The van der Waals surface area contributed by atoms with E-state index in [9.17, 15) is 21.6 Å². The SMILES string of the molecule is CCCC(OC(F)(F)F)OS(=O)(=O)c1ccc(C)cc1. The molecule has 0 heterocycles. The van der Waals surface area contributed by atoms with E-state index in [1.165, 1.54) is 24.3 Å². The molecule has 0 radical (unpaired) electrons. The third kappa shape index (κ3) is 5.48. The van der Waals surface area contributed by atoms with E-state index in [0.29, 0.717) is 0 Å². The molecule has 0 spiro atoms. The van der Waals surface area contributed by atoms with Gasteiger partial charge in [-0.25, -0.2) is 4.18 Å². The van der Waals surface area contributed by atoms with Crippen LogP contribution in [-0.2, 0) is 19.0 Å². The smallest absolute Gasteiger partial charge is 0.261 e. The van der Waals surface area contributed by atoms with Gasteiger partial charge in [0.2, 0.25) is 0 Å². The topological polar surface area (TPSA) is 52.6 Å². The molecule has 1 aromatic carbocycles. The summed E-state index contributed by atoms with van der Waals surface area (Å²) >= 11 is 0. The van der Waals surface area contributed by atoms with Crippen molar-refractivity contribution in [2.45, 2.75) is 44.2 Å². The quantitative estimate of drug-likeness (QED) is 0.597. The van der Waals surface area contributed by atoms with Crippen LogP contribution in [-0.4, -0.2) is 21.1 Å². The first-order valence-electron chi connectivity index (χ1n) is 5.88. The predicted octanol–water partition coefficient (Wildman–Crippen LogP) is 3.36. The minimum absolute atomic E-state index is 0.190. The first kappa shape index (κ1) is 16.9. The van der Waals surface area contributed by atoms with E-state index >= 15 is 0 Å². The van der Waals surface area contributed by atoms with E-state index in [2.05, 4.69) is 8.92 Å². The first-order chi connectivity index (χ1) is 9.14. The van der Waals surface area contributed by atoms with Gasteiger partial charge >= 0.3 is 6.36 Å². The Morgan fingerprint density at radius 3 is 2.20 bits per heavy atom. The summed E-state index contributed by atoms with van der Waals surface area (Å²) in [6.07, 6.45) is -6.75. The summed E-state index contributed by atoms with van der Waals surface area (Å²) < 4.78 is 68.3. The largest absolute Gasteiger partial charge is 0.524 e. The molecule has 8 heteroatoms. The van der Waals surface area contributed by atoms with E-state index in [-0.39, 0.29) is 17.7 Å². The van der Waals surface area contributed by atoms with E-state index in [1.807, 2.05) is 0 Å². The molecule has 4 nitrogen and oxygen atoms in total. The number of hydrogen-bond donors (Lipinski definition) is 0. The van der Waals surface area contributed by atoms with Crippen molar-refractivity contribution in [1.82, 2.24) is 0 Å². The number of rotatable bonds is 6. The normalized spacial score (nSPS) is 14.2. The van der Waals surface area contributed by atoms with Gasteiger partial charge in [-0.1, -0.05) is 31.0 Å². The van der Waals surface area contributed by atoms with Crippen LogP contribution in [0.3, 0.4) is 0 Å². The van der Waals surface area contributed by atoms with Gasteiger partial charge in [-0.15, -0.1) is 13.2 Å². The van der Waals surface area contributed by atoms with Gasteiger partial charge in [0.25, 0.3) is 10.1 Å². The first-order valence-corrected chi connectivity index (χ1v) is 7.29. The van der Waals surface area contributed by atoms with Crippen LogP contribution in [0.2, 0.25) is 0 Å². The van der Waals surface area contributed by atoms with Crippen molar-refractivity contribution in [2.24, 2.45) is 0 Å². The third-order valence-electron chi connectivity index (χ3n) is 2.33. The molecule has 0 saturated heterocycles. The van der Waals surface area contributed by atoms with E-state index in [4.69, 9.17) is 0 Å². The number of hydrogen-bond acceptors (Lipinski definition) is 4. The minimum Gasteiger partial charge on any atom is -0.261 e.